The number of benzene rings is 5. The minimum atomic E-state index is -0.837. The van der Waals surface area contributed by atoms with Crippen molar-refractivity contribution in [2.45, 2.75) is 244 Å². The van der Waals surface area contributed by atoms with Crippen LogP contribution in [0.1, 0.15) is 236 Å². The molecule has 9 aromatic rings. The Labute approximate surface area is 616 Å². The molecule has 0 amide bonds. The topological polar surface area (TPSA) is 261 Å². The van der Waals surface area contributed by atoms with Crippen LogP contribution in [0.25, 0.3) is 43.6 Å². The molecular weight excluding hydrogens is 1280 g/mol. The van der Waals surface area contributed by atoms with E-state index in [1.807, 2.05) is 264 Å². The molecule has 0 radical (unpaired) electrons. The Morgan fingerprint density at radius 3 is 1.08 bits per heavy atom. The van der Waals surface area contributed by atoms with Gasteiger partial charge in [0.05, 0.1) is 13.0 Å². The lowest BCUT2D eigenvalue weighted by Gasteiger charge is -2.06. The fraction of sp³-hybridized carbons (Fsp3) is 0.482. The summed E-state index contributed by atoms with van der Waals surface area (Å²) in [5.74, 6) is 1.58. The molecular formula is C85H140N6O11. The Kier molecular flexibility index (Phi) is 70.8. The number of anilines is 1. The van der Waals surface area contributed by atoms with Gasteiger partial charge in [0, 0.05) is 125 Å². The monoisotopic (exact) mass is 1420 g/mol. The molecule has 0 saturated heterocycles. The fourth-order valence-electron chi connectivity index (χ4n) is 9.55. The average Bonchev–Trinajstić information content (AvgIpc) is 1.66. The number of nitrogen functional groups attached to an aromatic ring is 1. The number of nitrogens with zero attached hydrogens (tertiary/aromatic N) is 3. The number of aromatic amines is 1. The third-order valence-corrected chi connectivity index (χ3v) is 14.4. The molecule has 576 valence electrons. The molecule has 5 aromatic carbocycles. The van der Waals surface area contributed by atoms with Gasteiger partial charge in [-0.3, -0.25) is 29.8 Å². The first-order valence-corrected chi connectivity index (χ1v) is 37.1. The zero-order valence-corrected chi connectivity index (χ0v) is 68.8. The van der Waals surface area contributed by atoms with Crippen molar-refractivity contribution in [3.63, 3.8) is 0 Å². The summed E-state index contributed by atoms with van der Waals surface area (Å²) in [5, 5.41) is 39.2. The van der Waals surface area contributed by atoms with E-state index in [1.165, 1.54) is 52.5 Å². The summed E-state index contributed by atoms with van der Waals surface area (Å²) < 4.78 is 11.1. The third-order valence-electron chi connectivity index (χ3n) is 14.4. The number of aromatic nitrogens is 4. The van der Waals surface area contributed by atoms with E-state index in [0.29, 0.717) is 38.5 Å². The SMILES string of the molecule is CC.CC.CC.CC.CC.CC.CC.CC.CC.CC.CC(=O)CCCC(=O)O.COC(=O)CCc1c(C)n(C)c2ccccc12.Cc1[nH]c2ccccc2c1CCC(=O)O.Cc1c(CC(C)C(=O)O)c2ccccc2n1C.Cc1c(CCC(=O)O)c2ccccc2n1C.NNc1ccccc1. The van der Waals surface area contributed by atoms with E-state index in [0.717, 1.165) is 62.3 Å². The van der Waals surface area contributed by atoms with Gasteiger partial charge in [0.2, 0.25) is 0 Å². The number of ketones is 1. The lowest BCUT2D eigenvalue weighted by Crippen LogP contribution is -2.12. The van der Waals surface area contributed by atoms with Crippen LogP contribution in [0.5, 0.6) is 0 Å². The van der Waals surface area contributed by atoms with Gasteiger partial charge < -0.3 is 54.1 Å². The van der Waals surface area contributed by atoms with Gasteiger partial charge in [-0.25, -0.2) is 0 Å². The quantitative estimate of drug-likeness (QED) is 0.0254. The molecule has 0 aliphatic carbocycles. The van der Waals surface area contributed by atoms with Crippen LogP contribution in [0.2, 0.25) is 0 Å². The van der Waals surface area contributed by atoms with Gasteiger partial charge >= 0.3 is 29.8 Å². The van der Waals surface area contributed by atoms with Gasteiger partial charge in [0.25, 0.3) is 0 Å². The molecule has 0 aliphatic rings. The van der Waals surface area contributed by atoms with Crippen LogP contribution in [0, 0.1) is 33.6 Å². The molecule has 9 rings (SSSR count). The number of carbonyl (C=O) groups excluding carboxylic acids is 2. The van der Waals surface area contributed by atoms with E-state index in [4.69, 9.17) is 26.3 Å². The molecule has 17 heteroatoms. The van der Waals surface area contributed by atoms with Gasteiger partial charge in [-0.2, -0.15) is 0 Å². The van der Waals surface area contributed by atoms with Crippen molar-refractivity contribution >= 4 is 84.9 Å². The number of aliphatic carboxylic acids is 4. The number of Topliss-reactive ketones (excluding diaryl/α,β-unsaturated/α-hetero) is 1. The number of fused-ring (bicyclic) bond motifs is 4. The Morgan fingerprint density at radius 2 is 0.745 bits per heavy atom. The lowest BCUT2D eigenvalue weighted by atomic mass is 9.99. The normalized spacial score (nSPS) is 9.28. The maximum absolute atomic E-state index is 11.2. The number of esters is 1. The number of methoxy groups -OCH3 is 1. The maximum Gasteiger partial charge on any atom is 0.306 e. The Hall–Kier alpha value is -8.96. The molecule has 0 spiro atoms. The number of H-pyrrole nitrogens is 1. The van der Waals surface area contributed by atoms with Gasteiger partial charge in [0.1, 0.15) is 5.78 Å². The lowest BCUT2D eigenvalue weighted by molar-refractivity contribution is -0.141. The number of hydrogen-bond acceptors (Lipinski definition) is 9. The number of ether oxygens (including phenoxy) is 1. The number of nitrogens with two attached hydrogens (primary N) is 1. The number of para-hydroxylation sites is 5. The molecule has 0 saturated carbocycles. The van der Waals surface area contributed by atoms with E-state index in [9.17, 15) is 28.8 Å². The van der Waals surface area contributed by atoms with E-state index in [1.54, 1.807) is 6.92 Å². The number of carboxylic acids is 4. The zero-order chi connectivity index (χ0) is 80.6. The van der Waals surface area contributed by atoms with Crippen molar-refractivity contribution in [3.05, 3.63) is 172 Å². The highest BCUT2D eigenvalue weighted by Gasteiger charge is 2.19. The van der Waals surface area contributed by atoms with E-state index in [-0.39, 0.29) is 36.9 Å². The predicted molar refractivity (Wildman–Crippen MR) is 439 cm³/mol. The van der Waals surface area contributed by atoms with Gasteiger partial charge in [0.15, 0.2) is 0 Å². The van der Waals surface area contributed by atoms with Crippen LogP contribution in [0.4, 0.5) is 5.69 Å². The van der Waals surface area contributed by atoms with Crippen molar-refractivity contribution in [2.75, 3.05) is 12.5 Å². The van der Waals surface area contributed by atoms with E-state index in [2.05, 4.69) is 79.2 Å². The maximum atomic E-state index is 11.2. The first-order chi connectivity index (χ1) is 49.0. The molecule has 0 bridgehead atoms. The minimum Gasteiger partial charge on any atom is -0.481 e. The fourth-order valence-corrected chi connectivity index (χ4v) is 9.55. The van der Waals surface area contributed by atoms with Crippen LogP contribution >= 0.6 is 0 Å². The largest absolute Gasteiger partial charge is 0.481 e. The van der Waals surface area contributed by atoms with Gasteiger partial charge in [-0.05, 0) is 125 Å². The summed E-state index contributed by atoms with van der Waals surface area (Å²) in [7, 11) is 7.52. The highest BCUT2D eigenvalue weighted by molar-refractivity contribution is 5.88. The molecule has 8 N–H and O–H groups in total. The molecule has 0 fully saturated rings. The molecule has 4 aromatic heterocycles. The van der Waals surface area contributed by atoms with E-state index >= 15 is 0 Å². The summed E-state index contributed by atoms with van der Waals surface area (Å²) in [4.78, 5) is 66.7. The first kappa shape index (κ1) is 106. The van der Waals surface area contributed by atoms with Crippen LogP contribution in [-0.4, -0.2) is 81.9 Å². The number of carbonyl (C=O) groups is 6. The first-order valence-electron chi connectivity index (χ1n) is 37.1. The molecule has 17 nitrogen and oxygen atoms in total. The van der Waals surface area contributed by atoms with Gasteiger partial charge in [-0.1, -0.05) is 236 Å². The number of nitrogens with one attached hydrogen (secondary N) is 2. The standard InChI is InChI=1S/2C14H17NO2.C13H15NO2.C12H13NO2.C6H8N2.C6H10O3.10C2H6/c1-10-11(8-9-14(16)17-3)12-6-4-5-7-13(12)15(10)2;1-9(14(16)17)8-12-10(2)15(3)13-7-5-4-6-11(12)13;1-9-10(7-8-13(15)16)11-5-3-4-6-12(11)14(9)2;1-8-9(6-7-12(14)15)10-4-2-3-5-11(10)13-8;7-8-6-4-2-1-3-5-6;1-5(7)3-2-4-6(8)9;10*1-2/h4-7H,8-9H2,1-3H3;4-7,9H,8H2,1-3H3,(H,16,17);3-6H,7-8H2,1-2H3,(H,15,16);2-5,13H,6-7H2,1H3,(H,14,15);1-5,8H,7H2;2-4H2,1H3,(H,8,9);10*1-2H3. The number of hydrazine groups is 1. The van der Waals surface area contributed by atoms with Crippen molar-refractivity contribution in [1.82, 2.24) is 18.7 Å². The highest BCUT2D eigenvalue weighted by Crippen LogP contribution is 2.29. The van der Waals surface area contributed by atoms with Crippen molar-refractivity contribution in [2.24, 2.45) is 32.9 Å². The van der Waals surface area contributed by atoms with Crippen LogP contribution in [0.15, 0.2) is 127 Å². The van der Waals surface area contributed by atoms with Crippen molar-refractivity contribution < 1.29 is 53.9 Å². The summed E-state index contributed by atoms with van der Waals surface area (Å²) in [5.41, 5.74) is 17.3. The van der Waals surface area contributed by atoms with Crippen LogP contribution < -0.4 is 11.3 Å². The smallest absolute Gasteiger partial charge is 0.306 e. The molecule has 1 unspecified atom stereocenters. The summed E-state index contributed by atoms with van der Waals surface area (Å²) >= 11 is 0. The minimum absolute atomic E-state index is 0.0521. The summed E-state index contributed by atoms with van der Waals surface area (Å²) in [6.07, 6.45) is 4.26. The number of carboxylic acid groups (broad SMARTS) is 4. The second kappa shape index (κ2) is 67.8. The molecule has 102 heavy (non-hydrogen) atoms. The Balaban J connectivity index is -0.000000204. The Bertz CT molecular complexity index is 3580. The highest BCUT2D eigenvalue weighted by atomic mass is 16.5. The summed E-state index contributed by atoms with van der Waals surface area (Å²) in [6.45, 7) is 51.4. The van der Waals surface area contributed by atoms with Crippen molar-refractivity contribution in [1.29, 1.82) is 0 Å². The number of hydrogen-bond donors (Lipinski definition) is 7. The summed E-state index contributed by atoms with van der Waals surface area (Å²) in [6, 6.07) is 42.1. The van der Waals surface area contributed by atoms with Gasteiger partial charge in [-0.15, -0.1) is 0 Å². The molecule has 4 heterocycles. The number of rotatable bonds is 17. The molecule has 0 aliphatic heterocycles. The van der Waals surface area contributed by atoms with E-state index < -0.39 is 23.9 Å². The molecule has 1 atom stereocenters. The van der Waals surface area contributed by atoms with Crippen LogP contribution in [0.3, 0.4) is 0 Å². The van der Waals surface area contributed by atoms with Crippen LogP contribution in [-0.2, 0) is 80.3 Å². The average molecular weight is 1420 g/mol. The Morgan fingerprint density at radius 1 is 0.431 bits per heavy atom. The number of aryl methyl sites for hydroxylation is 7. The second-order valence-corrected chi connectivity index (χ2v) is 20.0. The third kappa shape index (κ3) is 39.9. The zero-order valence-electron chi connectivity index (χ0n) is 68.8. The second-order valence-electron chi connectivity index (χ2n) is 20.0. The predicted octanol–water partition coefficient (Wildman–Crippen LogP) is 22.4. The van der Waals surface area contributed by atoms with Crippen molar-refractivity contribution in [3.8, 4) is 0 Å².